The normalized spacial score (nSPS) is 28.8. The molecule has 1 fully saturated rings. The number of rotatable bonds is 5. The molecule has 0 aromatic rings. The quantitative estimate of drug-likeness (QED) is 0.601. The fourth-order valence-electron chi connectivity index (χ4n) is 1.57. The van der Waals surface area contributed by atoms with Crippen LogP contribution < -0.4 is 11.1 Å². The maximum atomic E-state index is 11.8. The molecule has 94 valence electrons. The molecule has 5 nitrogen and oxygen atoms in total. The summed E-state index contributed by atoms with van der Waals surface area (Å²) in [5.41, 5.74) is 4.06. The molecule has 6 heteroatoms. The number of carbonyl (C=O) groups excluding carboxylic acids is 1. The first kappa shape index (κ1) is 13.8. The van der Waals surface area contributed by atoms with Gasteiger partial charge in [0, 0.05) is 18.9 Å². The van der Waals surface area contributed by atoms with Crippen LogP contribution in [0.15, 0.2) is 0 Å². The molecular formula is C10H20N2O3S. The largest absolute Gasteiger partial charge is 0.387 e. The smallest absolute Gasteiger partial charge is 0.242 e. The van der Waals surface area contributed by atoms with Crippen molar-refractivity contribution in [3.63, 3.8) is 0 Å². The molecule has 0 aliphatic carbocycles. The summed E-state index contributed by atoms with van der Waals surface area (Å²) in [6, 6.07) is 0. The first-order chi connectivity index (χ1) is 7.40. The Kier molecular flexibility index (Phi) is 4.61. The van der Waals surface area contributed by atoms with Gasteiger partial charge in [0.15, 0.2) is 0 Å². The lowest BCUT2D eigenvalue weighted by Crippen LogP contribution is -2.57. The molecule has 2 atom stereocenters. The Morgan fingerprint density at radius 3 is 2.94 bits per heavy atom. The maximum absolute atomic E-state index is 11.8. The Morgan fingerprint density at radius 2 is 2.44 bits per heavy atom. The van der Waals surface area contributed by atoms with Gasteiger partial charge in [-0.3, -0.25) is 4.79 Å². The molecule has 1 aliphatic rings. The number of amides is 1. The summed E-state index contributed by atoms with van der Waals surface area (Å²) in [7, 11) is 0. The molecule has 0 saturated carbocycles. The van der Waals surface area contributed by atoms with Gasteiger partial charge in [-0.05, 0) is 19.6 Å². The van der Waals surface area contributed by atoms with Crippen molar-refractivity contribution in [1.29, 1.82) is 0 Å². The molecule has 0 radical (unpaired) electrons. The van der Waals surface area contributed by atoms with Crippen LogP contribution in [-0.4, -0.2) is 53.9 Å². The van der Waals surface area contributed by atoms with Crippen molar-refractivity contribution in [2.24, 2.45) is 5.73 Å². The summed E-state index contributed by atoms with van der Waals surface area (Å²) >= 11 is 1.53. The molecule has 0 aromatic carbocycles. The van der Waals surface area contributed by atoms with E-state index in [-0.39, 0.29) is 19.1 Å². The molecule has 1 rings (SSSR count). The van der Waals surface area contributed by atoms with Crippen molar-refractivity contribution in [3.8, 4) is 0 Å². The number of hydrogen-bond acceptors (Lipinski definition) is 5. The van der Waals surface area contributed by atoms with Gasteiger partial charge in [0.1, 0.15) is 5.54 Å². The van der Waals surface area contributed by atoms with Crippen molar-refractivity contribution in [3.05, 3.63) is 0 Å². The highest BCUT2D eigenvalue weighted by molar-refractivity contribution is 7.98. The third kappa shape index (κ3) is 3.62. The van der Waals surface area contributed by atoms with Gasteiger partial charge in [0.05, 0.1) is 12.2 Å². The molecule has 1 aliphatic heterocycles. The lowest BCUT2D eigenvalue weighted by Gasteiger charge is -2.26. The van der Waals surface area contributed by atoms with Crippen LogP contribution in [0.4, 0.5) is 0 Å². The summed E-state index contributed by atoms with van der Waals surface area (Å²) in [5, 5.41) is 12.6. The van der Waals surface area contributed by atoms with Crippen LogP contribution in [0.3, 0.4) is 0 Å². The van der Waals surface area contributed by atoms with E-state index in [2.05, 4.69) is 5.32 Å². The number of nitrogens with one attached hydrogen (secondary N) is 1. The lowest BCUT2D eigenvalue weighted by atomic mass is 9.99. The second kappa shape index (κ2) is 5.35. The van der Waals surface area contributed by atoms with E-state index in [4.69, 9.17) is 10.5 Å². The number of aliphatic hydroxyl groups is 1. The van der Waals surface area contributed by atoms with E-state index in [0.717, 1.165) is 0 Å². The highest BCUT2D eigenvalue weighted by Crippen LogP contribution is 2.16. The van der Waals surface area contributed by atoms with E-state index in [1.165, 1.54) is 11.8 Å². The monoisotopic (exact) mass is 248 g/mol. The molecular weight excluding hydrogens is 228 g/mol. The zero-order valence-corrected chi connectivity index (χ0v) is 10.6. The predicted molar refractivity (Wildman–Crippen MR) is 64.4 cm³/mol. The van der Waals surface area contributed by atoms with Gasteiger partial charge in [-0.15, -0.1) is 0 Å². The second-order valence-corrected chi connectivity index (χ2v) is 5.44. The van der Waals surface area contributed by atoms with Crippen LogP contribution in [-0.2, 0) is 9.53 Å². The number of nitrogens with two attached hydrogens (primary N) is 1. The van der Waals surface area contributed by atoms with Crippen molar-refractivity contribution in [1.82, 2.24) is 5.32 Å². The van der Waals surface area contributed by atoms with Gasteiger partial charge in [-0.1, -0.05) is 0 Å². The fraction of sp³-hybridized carbons (Fsp3) is 0.900. The first-order valence-electron chi connectivity index (χ1n) is 5.26. The second-order valence-electron chi connectivity index (χ2n) is 4.57. The van der Waals surface area contributed by atoms with Crippen molar-refractivity contribution in [2.45, 2.75) is 24.5 Å². The molecule has 4 N–H and O–H groups in total. The topological polar surface area (TPSA) is 84.6 Å². The summed E-state index contributed by atoms with van der Waals surface area (Å²) in [4.78, 5) is 11.8. The standard InChI is InChI=1S/C10H20N2O3S/c1-9(14,7-16-2)5-12-8(13)10(11)3-4-15-6-10/h14H,3-7,11H2,1-2H3,(H,12,13). The number of thioether (sulfide) groups is 1. The zero-order chi connectivity index (χ0) is 12.2. The minimum atomic E-state index is -0.921. The van der Waals surface area contributed by atoms with E-state index >= 15 is 0 Å². The highest BCUT2D eigenvalue weighted by atomic mass is 32.2. The van der Waals surface area contributed by atoms with Gasteiger partial charge in [-0.2, -0.15) is 11.8 Å². The van der Waals surface area contributed by atoms with Crippen molar-refractivity contribution in [2.75, 3.05) is 31.8 Å². The summed E-state index contributed by atoms with van der Waals surface area (Å²) in [6.07, 6.45) is 2.44. The molecule has 0 spiro atoms. The zero-order valence-electron chi connectivity index (χ0n) is 9.78. The van der Waals surface area contributed by atoms with Gasteiger partial charge in [0.25, 0.3) is 0 Å². The Morgan fingerprint density at radius 1 is 1.75 bits per heavy atom. The van der Waals surface area contributed by atoms with Gasteiger partial charge in [0.2, 0.25) is 5.91 Å². The minimum Gasteiger partial charge on any atom is -0.387 e. The predicted octanol–water partition coefficient (Wildman–Crippen LogP) is -0.666. The number of hydrogen-bond donors (Lipinski definition) is 3. The van der Waals surface area contributed by atoms with Crippen molar-refractivity contribution < 1.29 is 14.6 Å². The average Bonchev–Trinajstić information content (AvgIpc) is 2.63. The van der Waals surface area contributed by atoms with Crippen LogP contribution in [0.5, 0.6) is 0 Å². The SMILES string of the molecule is CSCC(C)(O)CNC(=O)C1(N)CCOC1. The third-order valence-corrected chi connectivity index (χ3v) is 3.50. The molecule has 0 aromatic heterocycles. The molecule has 0 bridgehead atoms. The third-order valence-electron chi connectivity index (χ3n) is 2.59. The van der Waals surface area contributed by atoms with Crippen molar-refractivity contribution >= 4 is 17.7 Å². The Bertz CT molecular complexity index is 252. The summed E-state index contributed by atoms with van der Waals surface area (Å²) in [6.45, 7) is 2.68. The molecule has 16 heavy (non-hydrogen) atoms. The highest BCUT2D eigenvalue weighted by Gasteiger charge is 2.38. The van der Waals surface area contributed by atoms with E-state index in [1.807, 2.05) is 6.26 Å². The Balaban J connectivity index is 2.40. The van der Waals surface area contributed by atoms with Gasteiger partial charge >= 0.3 is 0 Å². The molecule has 2 unspecified atom stereocenters. The summed E-state index contributed by atoms with van der Waals surface area (Å²) < 4.78 is 5.11. The molecule has 1 heterocycles. The molecule has 1 saturated heterocycles. The van der Waals surface area contributed by atoms with Crippen LogP contribution in [0.2, 0.25) is 0 Å². The summed E-state index contributed by atoms with van der Waals surface area (Å²) in [5.74, 6) is 0.327. The number of carbonyl (C=O) groups is 1. The first-order valence-corrected chi connectivity index (χ1v) is 6.65. The average molecular weight is 248 g/mol. The van der Waals surface area contributed by atoms with Crippen LogP contribution in [0.25, 0.3) is 0 Å². The lowest BCUT2D eigenvalue weighted by molar-refractivity contribution is -0.127. The van der Waals surface area contributed by atoms with E-state index < -0.39 is 11.1 Å². The Labute approximate surface area is 100 Å². The van der Waals surface area contributed by atoms with E-state index in [0.29, 0.717) is 18.8 Å². The number of ether oxygens (including phenoxy) is 1. The van der Waals surface area contributed by atoms with Gasteiger partial charge < -0.3 is 20.9 Å². The van der Waals surface area contributed by atoms with E-state index in [9.17, 15) is 9.90 Å². The van der Waals surface area contributed by atoms with Crippen LogP contribution in [0.1, 0.15) is 13.3 Å². The maximum Gasteiger partial charge on any atom is 0.242 e. The van der Waals surface area contributed by atoms with Crippen LogP contribution >= 0.6 is 11.8 Å². The van der Waals surface area contributed by atoms with Gasteiger partial charge in [-0.25, -0.2) is 0 Å². The van der Waals surface area contributed by atoms with Crippen LogP contribution in [0, 0.1) is 0 Å². The molecule has 1 amide bonds. The minimum absolute atomic E-state index is 0.214. The fourth-order valence-corrected chi connectivity index (χ4v) is 2.29. The van der Waals surface area contributed by atoms with E-state index in [1.54, 1.807) is 6.92 Å². The Hall–Kier alpha value is -0.300.